The summed E-state index contributed by atoms with van der Waals surface area (Å²) >= 11 is 18.0. The van der Waals surface area contributed by atoms with Gasteiger partial charge in [0.2, 0.25) is 15.9 Å². The Labute approximate surface area is 191 Å². The summed E-state index contributed by atoms with van der Waals surface area (Å²) in [6.07, 6.45) is 0. The van der Waals surface area contributed by atoms with Crippen molar-refractivity contribution in [3.05, 3.63) is 57.0 Å². The average Bonchev–Trinajstić information content (AvgIpc) is 2.70. The molecule has 0 bridgehead atoms. The Morgan fingerprint density at radius 1 is 1.00 bits per heavy atom. The molecule has 0 aromatic heterocycles. The molecule has 1 amide bonds. The van der Waals surface area contributed by atoms with E-state index in [-0.39, 0.29) is 20.8 Å². The summed E-state index contributed by atoms with van der Waals surface area (Å²) in [4.78, 5) is 16.5. The summed E-state index contributed by atoms with van der Waals surface area (Å²) in [5.41, 5.74) is 2.15. The molecule has 1 aliphatic rings. The van der Waals surface area contributed by atoms with E-state index in [0.29, 0.717) is 31.2 Å². The number of hydrogen-bond acceptors (Lipinski definition) is 4. The number of piperazine rings is 1. The van der Waals surface area contributed by atoms with Crippen molar-refractivity contribution in [3.8, 4) is 0 Å². The van der Waals surface area contributed by atoms with Crippen LogP contribution in [-0.2, 0) is 14.8 Å². The Bertz CT molecular complexity index is 1050. The number of carbonyl (C=O) groups excluding carboxylic acids is 1. The van der Waals surface area contributed by atoms with Gasteiger partial charge in [0.1, 0.15) is 4.90 Å². The van der Waals surface area contributed by atoms with Crippen LogP contribution in [0.25, 0.3) is 0 Å². The predicted octanol–water partition coefficient (Wildman–Crippen LogP) is 3.97. The molecular weight excluding hydrogens is 469 g/mol. The summed E-state index contributed by atoms with van der Waals surface area (Å²) in [7, 11) is -4.00. The fraction of sp³-hybridized carbons (Fsp3) is 0.350. The van der Waals surface area contributed by atoms with Crippen molar-refractivity contribution in [1.82, 2.24) is 9.62 Å². The van der Waals surface area contributed by atoms with Crippen molar-refractivity contribution >= 4 is 56.4 Å². The molecule has 0 saturated carbocycles. The quantitative estimate of drug-likeness (QED) is 0.688. The van der Waals surface area contributed by atoms with Gasteiger partial charge in [0.25, 0.3) is 0 Å². The SMILES string of the molecule is Cc1ccc(Cl)cc1N1CCN(C(=O)[C@H](C)NS(=O)(=O)c2cc(Cl)ccc2Cl)CC1. The van der Waals surface area contributed by atoms with Crippen molar-refractivity contribution < 1.29 is 13.2 Å². The lowest BCUT2D eigenvalue weighted by atomic mass is 10.1. The van der Waals surface area contributed by atoms with E-state index in [1.807, 2.05) is 25.1 Å². The lowest BCUT2D eigenvalue weighted by Crippen LogP contribution is -2.54. The van der Waals surface area contributed by atoms with Crippen LogP contribution in [0.5, 0.6) is 0 Å². The molecule has 1 saturated heterocycles. The van der Waals surface area contributed by atoms with Gasteiger partial charge in [-0.05, 0) is 49.7 Å². The second-order valence-electron chi connectivity index (χ2n) is 7.16. The number of halogens is 3. The molecule has 162 valence electrons. The van der Waals surface area contributed by atoms with Crippen molar-refractivity contribution in [2.75, 3.05) is 31.1 Å². The molecule has 3 rings (SSSR count). The van der Waals surface area contributed by atoms with E-state index in [9.17, 15) is 13.2 Å². The van der Waals surface area contributed by atoms with Crippen molar-refractivity contribution in [1.29, 1.82) is 0 Å². The molecule has 2 aromatic rings. The molecule has 1 atom stereocenters. The summed E-state index contributed by atoms with van der Waals surface area (Å²) in [6.45, 7) is 5.76. The first-order chi connectivity index (χ1) is 14.1. The highest BCUT2D eigenvalue weighted by Crippen LogP contribution is 2.26. The third kappa shape index (κ3) is 5.21. The Balaban J connectivity index is 1.65. The summed E-state index contributed by atoms with van der Waals surface area (Å²) in [6, 6.07) is 8.95. The highest BCUT2D eigenvalue weighted by Gasteiger charge is 2.29. The molecule has 1 fully saturated rings. The monoisotopic (exact) mass is 489 g/mol. The molecule has 0 spiro atoms. The highest BCUT2D eigenvalue weighted by molar-refractivity contribution is 7.89. The van der Waals surface area contributed by atoms with E-state index in [4.69, 9.17) is 34.8 Å². The maximum absolute atomic E-state index is 12.8. The number of aryl methyl sites for hydroxylation is 1. The largest absolute Gasteiger partial charge is 0.368 e. The van der Waals surface area contributed by atoms with E-state index in [1.54, 1.807) is 4.90 Å². The molecule has 10 heteroatoms. The van der Waals surface area contributed by atoms with Gasteiger partial charge in [0.15, 0.2) is 0 Å². The number of sulfonamides is 1. The molecule has 1 N–H and O–H groups in total. The standard InChI is InChI=1S/C20H22Cl3N3O3S/c1-13-3-4-15(21)11-18(13)25-7-9-26(10-8-25)20(27)14(2)24-30(28,29)19-12-16(22)5-6-17(19)23/h3-6,11-12,14,24H,7-10H2,1-2H3/t14-/m0/s1. The highest BCUT2D eigenvalue weighted by atomic mass is 35.5. The Kier molecular flexibility index (Phi) is 7.20. The number of carbonyl (C=O) groups is 1. The zero-order chi connectivity index (χ0) is 22.1. The van der Waals surface area contributed by atoms with Crippen LogP contribution in [-0.4, -0.2) is 51.4 Å². The van der Waals surface area contributed by atoms with Crippen LogP contribution in [0.1, 0.15) is 12.5 Å². The van der Waals surface area contributed by atoms with Gasteiger partial charge in [0, 0.05) is 41.9 Å². The van der Waals surface area contributed by atoms with E-state index >= 15 is 0 Å². The van der Waals surface area contributed by atoms with Gasteiger partial charge in [-0.25, -0.2) is 8.42 Å². The first kappa shape index (κ1) is 23.2. The van der Waals surface area contributed by atoms with Gasteiger partial charge in [0.05, 0.1) is 11.1 Å². The zero-order valence-corrected chi connectivity index (χ0v) is 19.6. The minimum absolute atomic E-state index is 0.0389. The third-order valence-electron chi connectivity index (χ3n) is 4.99. The summed E-state index contributed by atoms with van der Waals surface area (Å²) in [5, 5.41) is 0.944. The minimum Gasteiger partial charge on any atom is -0.368 e. The van der Waals surface area contributed by atoms with Crippen molar-refractivity contribution in [3.63, 3.8) is 0 Å². The molecular formula is C20H22Cl3N3O3S. The third-order valence-corrected chi connectivity index (χ3v) is 7.48. The Morgan fingerprint density at radius 3 is 2.27 bits per heavy atom. The van der Waals surface area contributed by atoms with Gasteiger partial charge in [-0.2, -0.15) is 4.72 Å². The zero-order valence-electron chi connectivity index (χ0n) is 16.5. The molecule has 0 aliphatic carbocycles. The number of nitrogens with zero attached hydrogens (tertiary/aromatic N) is 2. The fourth-order valence-corrected chi connectivity index (χ4v) is 5.52. The number of hydrogen-bond donors (Lipinski definition) is 1. The molecule has 2 aromatic carbocycles. The number of rotatable bonds is 5. The van der Waals surface area contributed by atoms with Crippen LogP contribution in [0.15, 0.2) is 41.3 Å². The van der Waals surface area contributed by atoms with Crippen molar-refractivity contribution in [2.24, 2.45) is 0 Å². The van der Waals surface area contributed by atoms with Gasteiger partial charge >= 0.3 is 0 Å². The van der Waals surface area contributed by atoms with Gasteiger partial charge < -0.3 is 9.80 Å². The second kappa shape index (κ2) is 9.32. The Morgan fingerprint density at radius 2 is 1.60 bits per heavy atom. The molecule has 6 nitrogen and oxygen atoms in total. The van der Waals surface area contributed by atoms with Crippen molar-refractivity contribution in [2.45, 2.75) is 24.8 Å². The maximum Gasteiger partial charge on any atom is 0.242 e. The van der Waals surface area contributed by atoms with E-state index < -0.39 is 16.1 Å². The fourth-order valence-electron chi connectivity index (χ4n) is 3.39. The van der Waals surface area contributed by atoms with Crippen LogP contribution in [0.4, 0.5) is 5.69 Å². The first-order valence-corrected chi connectivity index (χ1v) is 12.0. The van der Waals surface area contributed by atoms with Crippen LogP contribution >= 0.6 is 34.8 Å². The van der Waals surface area contributed by atoms with Crippen LogP contribution in [0.3, 0.4) is 0 Å². The topological polar surface area (TPSA) is 69.7 Å². The number of anilines is 1. The van der Waals surface area contributed by atoms with Gasteiger partial charge in [-0.15, -0.1) is 0 Å². The van der Waals surface area contributed by atoms with Crippen LogP contribution in [0.2, 0.25) is 15.1 Å². The summed E-state index contributed by atoms with van der Waals surface area (Å²) in [5.74, 6) is -0.292. The lowest BCUT2D eigenvalue weighted by Gasteiger charge is -2.37. The number of benzene rings is 2. The first-order valence-electron chi connectivity index (χ1n) is 9.36. The average molecular weight is 491 g/mol. The van der Waals surface area contributed by atoms with Gasteiger partial charge in [-0.1, -0.05) is 40.9 Å². The Hall–Kier alpha value is -1.51. The van der Waals surface area contributed by atoms with Gasteiger partial charge in [-0.3, -0.25) is 4.79 Å². The maximum atomic E-state index is 12.8. The van der Waals surface area contributed by atoms with E-state index in [2.05, 4.69) is 9.62 Å². The predicted molar refractivity (Wildman–Crippen MR) is 121 cm³/mol. The number of nitrogens with one attached hydrogen (secondary N) is 1. The van der Waals surface area contributed by atoms with E-state index in [1.165, 1.54) is 25.1 Å². The van der Waals surface area contributed by atoms with Crippen LogP contribution < -0.4 is 9.62 Å². The molecule has 1 aliphatic heterocycles. The molecule has 30 heavy (non-hydrogen) atoms. The second-order valence-corrected chi connectivity index (χ2v) is 10.1. The number of amides is 1. The minimum atomic E-state index is -4.00. The smallest absolute Gasteiger partial charge is 0.242 e. The van der Waals surface area contributed by atoms with Crippen LogP contribution in [0, 0.1) is 6.92 Å². The lowest BCUT2D eigenvalue weighted by molar-refractivity contribution is -0.132. The molecule has 0 radical (unpaired) electrons. The normalized spacial score (nSPS) is 15.9. The molecule has 0 unspecified atom stereocenters. The summed E-state index contributed by atoms with van der Waals surface area (Å²) < 4.78 is 27.7. The molecule has 1 heterocycles. The van der Waals surface area contributed by atoms with E-state index in [0.717, 1.165) is 11.3 Å².